The lowest BCUT2D eigenvalue weighted by atomic mass is 9.92. The maximum Gasteiger partial charge on any atom is 0.132 e. The predicted molar refractivity (Wildman–Crippen MR) is 114 cm³/mol. The summed E-state index contributed by atoms with van der Waals surface area (Å²) in [5.41, 5.74) is -1.59. The van der Waals surface area contributed by atoms with Crippen LogP contribution < -0.4 is 5.32 Å². The highest BCUT2D eigenvalue weighted by Crippen LogP contribution is 2.27. The van der Waals surface area contributed by atoms with Gasteiger partial charge in [0.15, 0.2) is 0 Å². The van der Waals surface area contributed by atoms with Crippen LogP contribution in [0.15, 0.2) is 36.7 Å². The first-order valence-corrected chi connectivity index (χ1v) is 10.9. The van der Waals surface area contributed by atoms with Crippen LogP contribution in [0, 0.1) is 11.6 Å². The molecule has 168 valence electrons. The standard InChI is InChI=1S/C23H35F2N3O2/c1-4-6-7-10-22(30-18(3)9-5-2)26-16-23(29,17-28-14-8-13-27-28)20-12-11-19(24)15-21(20)25/h8,11-15,18,22,26,29H,4-7,9-10,16-17H2,1-3H3. The SMILES string of the molecule is CCCCCC(NCC(O)(Cn1cccn1)c1ccc(F)cc1F)OC(C)CCC. The van der Waals surface area contributed by atoms with E-state index >= 15 is 0 Å². The summed E-state index contributed by atoms with van der Waals surface area (Å²) in [4.78, 5) is 0. The quantitative estimate of drug-likeness (QED) is 0.340. The molecule has 2 N–H and O–H groups in total. The van der Waals surface area contributed by atoms with Gasteiger partial charge in [0.25, 0.3) is 0 Å². The number of nitrogens with one attached hydrogen (secondary N) is 1. The number of aromatic nitrogens is 2. The van der Waals surface area contributed by atoms with Crippen LogP contribution in [0.5, 0.6) is 0 Å². The van der Waals surface area contributed by atoms with Crippen LogP contribution >= 0.6 is 0 Å². The second-order valence-corrected chi connectivity index (χ2v) is 7.96. The van der Waals surface area contributed by atoms with Gasteiger partial charge < -0.3 is 9.84 Å². The van der Waals surface area contributed by atoms with Crippen molar-refractivity contribution < 1.29 is 18.6 Å². The summed E-state index contributed by atoms with van der Waals surface area (Å²) < 4.78 is 35.7. The number of nitrogens with zero attached hydrogens (tertiary/aromatic N) is 2. The Hall–Kier alpha value is -1.83. The molecule has 1 aromatic carbocycles. The maximum absolute atomic E-state index is 14.6. The number of aliphatic hydroxyl groups is 1. The molecule has 0 fully saturated rings. The van der Waals surface area contributed by atoms with Crippen molar-refractivity contribution >= 4 is 0 Å². The van der Waals surface area contributed by atoms with Crippen LogP contribution in [0.1, 0.15) is 64.9 Å². The molecule has 0 bridgehead atoms. The predicted octanol–water partition coefficient (Wildman–Crippen LogP) is 4.75. The Kier molecular flexibility index (Phi) is 9.88. The molecule has 1 heterocycles. The highest BCUT2D eigenvalue weighted by Gasteiger charge is 2.34. The Morgan fingerprint density at radius 1 is 1.20 bits per heavy atom. The molecule has 3 atom stereocenters. The molecule has 0 radical (unpaired) electrons. The van der Waals surface area contributed by atoms with Gasteiger partial charge in [-0.05, 0) is 38.3 Å². The second-order valence-electron chi connectivity index (χ2n) is 7.96. The van der Waals surface area contributed by atoms with E-state index in [2.05, 4.69) is 24.3 Å². The number of hydrogen-bond donors (Lipinski definition) is 2. The molecule has 7 heteroatoms. The Balaban J connectivity index is 2.19. The van der Waals surface area contributed by atoms with E-state index in [0.29, 0.717) is 0 Å². The van der Waals surface area contributed by atoms with Crippen LogP contribution in [0.3, 0.4) is 0 Å². The average Bonchev–Trinajstić information content (AvgIpc) is 3.19. The minimum absolute atomic E-state index is 0.0285. The fourth-order valence-corrected chi connectivity index (χ4v) is 3.60. The third-order valence-corrected chi connectivity index (χ3v) is 5.20. The zero-order valence-electron chi connectivity index (χ0n) is 18.3. The third kappa shape index (κ3) is 7.45. The minimum atomic E-state index is -1.62. The van der Waals surface area contributed by atoms with Gasteiger partial charge in [-0.3, -0.25) is 10.00 Å². The topological polar surface area (TPSA) is 59.3 Å². The van der Waals surface area contributed by atoms with Crippen LogP contribution in [0.4, 0.5) is 8.78 Å². The van der Waals surface area contributed by atoms with Gasteiger partial charge in [0.05, 0.1) is 12.6 Å². The number of benzene rings is 1. The molecule has 0 aliphatic rings. The first-order valence-electron chi connectivity index (χ1n) is 10.9. The van der Waals surface area contributed by atoms with E-state index in [9.17, 15) is 13.9 Å². The largest absolute Gasteiger partial charge is 0.382 e. The zero-order valence-corrected chi connectivity index (χ0v) is 18.3. The van der Waals surface area contributed by atoms with E-state index in [1.807, 2.05) is 6.92 Å². The Bertz CT molecular complexity index is 742. The molecule has 5 nitrogen and oxygen atoms in total. The van der Waals surface area contributed by atoms with Gasteiger partial charge >= 0.3 is 0 Å². The highest BCUT2D eigenvalue weighted by molar-refractivity contribution is 5.25. The van der Waals surface area contributed by atoms with E-state index in [-0.39, 0.29) is 31.0 Å². The Morgan fingerprint density at radius 3 is 2.63 bits per heavy atom. The highest BCUT2D eigenvalue weighted by atomic mass is 19.1. The van der Waals surface area contributed by atoms with Crippen LogP contribution in [-0.4, -0.2) is 33.8 Å². The van der Waals surface area contributed by atoms with Crippen molar-refractivity contribution in [1.29, 1.82) is 0 Å². The van der Waals surface area contributed by atoms with Gasteiger partial charge in [-0.1, -0.05) is 39.2 Å². The summed E-state index contributed by atoms with van der Waals surface area (Å²) in [5.74, 6) is -1.46. The lowest BCUT2D eigenvalue weighted by Gasteiger charge is -2.32. The third-order valence-electron chi connectivity index (χ3n) is 5.20. The molecule has 0 aliphatic heterocycles. The molecule has 0 saturated heterocycles. The van der Waals surface area contributed by atoms with Crippen molar-refractivity contribution in [3.05, 3.63) is 53.9 Å². The van der Waals surface area contributed by atoms with Gasteiger partial charge in [-0.25, -0.2) is 8.78 Å². The van der Waals surface area contributed by atoms with Crippen LogP contribution in [0.2, 0.25) is 0 Å². The van der Waals surface area contributed by atoms with Gasteiger partial charge in [0.1, 0.15) is 23.5 Å². The lowest BCUT2D eigenvalue weighted by Crippen LogP contribution is -2.47. The van der Waals surface area contributed by atoms with Crippen LogP contribution in [-0.2, 0) is 16.9 Å². The van der Waals surface area contributed by atoms with Gasteiger partial charge in [-0.2, -0.15) is 5.10 Å². The Labute approximate surface area is 178 Å². The maximum atomic E-state index is 14.6. The lowest BCUT2D eigenvalue weighted by molar-refractivity contribution is -0.0542. The molecule has 3 unspecified atom stereocenters. The summed E-state index contributed by atoms with van der Waals surface area (Å²) in [6.07, 6.45) is 9.06. The summed E-state index contributed by atoms with van der Waals surface area (Å²) in [6.45, 7) is 6.36. The van der Waals surface area contributed by atoms with Crippen molar-refractivity contribution in [2.24, 2.45) is 0 Å². The van der Waals surface area contributed by atoms with Gasteiger partial charge in [-0.15, -0.1) is 0 Å². The summed E-state index contributed by atoms with van der Waals surface area (Å²) >= 11 is 0. The van der Waals surface area contributed by atoms with Crippen molar-refractivity contribution in [3.63, 3.8) is 0 Å². The summed E-state index contributed by atoms with van der Waals surface area (Å²) in [5, 5.41) is 18.9. The first-order chi connectivity index (χ1) is 14.4. The molecule has 0 aliphatic carbocycles. The number of rotatable bonds is 14. The monoisotopic (exact) mass is 423 g/mol. The molecule has 0 amide bonds. The van der Waals surface area contributed by atoms with Crippen molar-refractivity contribution in [2.75, 3.05) is 6.54 Å². The number of unbranched alkanes of at least 4 members (excludes halogenated alkanes) is 2. The normalized spacial score (nSPS) is 15.7. The van der Waals surface area contributed by atoms with Gasteiger partial charge in [0, 0.05) is 30.6 Å². The molecule has 30 heavy (non-hydrogen) atoms. The van der Waals surface area contributed by atoms with E-state index in [1.54, 1.807) is 18.5 Å². The van der Waals surface area contributed by atoms with E-state index in [1.165, 1.54) is 10.7 Å². The smallest absolute Gasteiger partial charge is 0.132 e. The average molecular weight is 424 g/mol. The zero-order chi connectivity index (χ0) is 22.0. The first kappa shape index (κ1) is 24.4. The molecular formula is C23H35F2N3O2. The fraction of sp³-hybridized carbons (Fsp3) is 0.609. The van der Waals surface area contributed by atoms with Crippen molar-refractivity contribution in [2.45, 2.75) is 83.8 Å². The van der Waals surface area contributed by atoms with Crippen molar-refractivity contribution in [3.8, 4) is 0 Å². The minimum Gasteiger partial charge on any atom is -0.382 e. The van der Waals surface area contributed by atoms with E-state index in [0.717, 1.165) is 50.7 Å². The van der Waals surface area contributed by atoms with Crippen LogP contribution in [0.25, 0.3) is 0 Å². The molecule has 2 aromatic rings. The number of hydrogen-bond acceptors (Lipinski definition) is 4. The van der Waals surface area contributed by atoms with E-state index in [4.69, 9.17) is 4.74 Å². The second kappa shape index (κ2) is 12.1. The fourth-order valence-electron chi connectivity index (χ4n) is 3.60. The summed E-state index contributed by atoms with van der Waals surface area (Å²) in [6, 6.07) is 4.98. The molecule has 0 saturated carbocycles. The summed E-state index contributed by atoms with van der Waals surface area (Å²) in [7, 11) is 0. The Morgan fingerprint density at radius 2 is 2.00 bits per heavy atom. The molecule has 1 aromatic heterocycles. The molecule has 2 rings (SSSR count). The molecular weight excluding hydrogens is 388 g/mol. The number of ether oxygens (including phenoxy) is 1. The van der Waals surface area contributed by atoms with Gasteiger partial charge in [0.2, 0.25) is 0 Å². The molecule has 0 spiro atoms. The number of halogens is 2. The van der Waals surface area contributed by atoms with E-state index < -0.39 is 17.2 Å². The van der Waals surface area contributed by atoms with Crippen molar-refractivity contribution in [1.82, 2.24) is 15.1 Å².